The molecular weight excluding hydrogens is 399 g/mol. The Morgan fingerprint density at radius 2 is 2.16 bits per heavy atom. The average molecular weight is 429 g/mol. The van der Waals surface area contributed by atoms with E-state index in [9.17, 15) is 9.18 Å². The van der Waals surface area contributed by atoms with E-state index in [1.165, 1.54) is 6.07 Å². The van der Waals surface area contributed by atoms with Crippen LogP contribution in [-0.4, -0.2) is 53.9 Å². The van der Waals surface area contributed by atoms with Crippen molar-refractivity contribution in [2.75, 3.05) is 43.5 Å². The number of rotatable bonds is 6. The van der Waals surface area contributed by atoms with Crippen LogP contribution in [0, 0.1) is 17.2 Å². The second-order valence-corrected chi connectivity index (χ2v) is 8.69. The van der Waals surface area contributed by atoms with Gasteiger partial charge in [0.1, 0.15) is 5.82 Å². The maximum Gasteiger partial charge on any atom is 0.229 e. The van der Waals surface area contributed by atoms with Gasteiger partial charge < -0.3 is 20.7 Å². The minimum absolute atomic E-state index is 0.108. The van der Waals surface area contributed by atoms with Crippen LogP contribution in [0.4, 0.5) is 15.9 Å². The summed E-state index contributed by atoms with van der Waals surface area (Å²) in [5, 5.41) is 17.5. The van der Waals surface area contributed by atoms with Crippen LogP contribution in [0.15, 0.2) is 24.5 Å². The van der Waals surface area contributed by atoms with Gasteiger partial charge in [-0.15, -0.1) is 0 Å². The summed E-state index contributed by atoms with van der Waals surface area (Å²) in [5.41, 5.74) is 1.56. The zero-order chi connectivity index (χ0) is 21.7. The molecule has 0 saturated carbocycles. The molecular formula is C22H29FN6O2. The van der Waals surface area contributed by atoms with Crippen LogP contribution in [0.25, 0.3) is 11.3 Å². The third-order valence-corrected chi connectivity index (χ3v) is 6.12. The molecule has 0 bridgehead atoms. The van der Waals surface area contributed by atoms with Crippen molar-refractivity contribution in [1.82, 2.24) is 20.5 Å². The van der Waals surface area contributed by atoms with E-state index in [1.54, 1.807) is 12.3 Å². The highest BCUT2D eigenvalue weighted by molar-refractivity contribution is 5.92. The molecule has 2 aromatic heterocycles. The fourth-order valence-corrected chi connectivity index (χ4v) is 3.96. The van der Waals surface area contributed by atoms with E-state index in [1.807, 2.05) is 0 Å². The SMILES string of the molecule is CC1(CNc2cnnc(-c3cc(NC(=O)C4CCCNC4)ncc3F)c2)CCOCC1. The van der Waals surface area contributed by atoms with E-state index in [0.717, 1.165) is 63.9 Å². The van der Waals surface area contributed by atoms with E-state index in [2.05, 4.69) is 38.1 Å². The van der Waals surface area contributed by atoms with Crippen molar-refractivity contribution in [3.8, 4) is 11.3 Å². The van der Waals surface area contributed by atoms with Crippen LogP contribution >= 0.6 is 0 Å². The molecule has 8 nitrogen and oxygen atoms in total. The van der Waals surface area contributed by atoms with Crippen LogP contribution in [0.1, 0.15) is 32.6 Å². The molecule has 2 saturated heterocycles. The highest BCUT2D eigenvalue weighted by Gasteiger charge is 2.27. The van der Waals surface area contributed by atoms with Crippen LogP contribution in [0.5, 0.6) is 0 Å². The molecule has 2 aliphatic rings. The molecule has 0 aromatic carbocycles. The number of nitrogens with one attached hydrogen (secondary N) is 3. The summed E-state index contributed by atoms with van der Waals surface area (Å²) >= 11 is 0. The number of halogens is 1. The lowest BCUT2D eigenvalue weighted by molar-refractivity contribution is -0.120. The number of amides is 1. The Morgan fingerprint density at radius 3 is 2.94 bits per heavy atom. The van der Waals surface area contributed by atoms with Gasteiger partial charge in [0.2, 0.25) is 5.91 Å². The first-order chi connectivity index (χ1) is 15.0. The topological polar surface area (TPSA) is 101 Å². The maximum atomic E-state index is 14.5. The lowest BCUT2D eigenvalue weighted by Crippen LogP contribution is -2.37. The van der Waals surface area contributed by atoms with Gasteiger partial charge in [0.15, 0.2) is 5.82 Å². The van der Waals surface area contributed by atoms with Gasteiger partial charge in [-0.25, -0.2) is 9.37 Å². The predicted molar refractivity (Wildman–Crippen MR) is 116 cm³/mol. The fourth-order valence-electron chi connectivity index (χ4n) is 3.96. The van der Waals surface area contributed by atoms with Gasteiger partial charge in [-0.1, -0.05) is 6.92 Å². The van der Waals surface area contributed by atoms with Gasteiger partial charge >= 0.3 is 0 Å². The van der Waals surface area contributed by atoms with Crippen LogP contribution in [0.2, 0.25) is 0 Å². The Balaban J connectivity index is 1.46. The van der Waals surface area contributed by atoms with Gasteiger partial charge in [0.25, 0.3) is 0 Å². The lowest BCUT2D eigenvalue weighted by atomic mass is 9.82. The summed E-state index contributed by atoms with van der Waals surface area (Å²) in [7, 11) is 0. The normalized spacial score (nSPS) is 20.8. The number of carbonyl (C=O) groups excluding carboxylic acids is 1. The summed E-state index contributed by atoms with van der Waals surface area (Å²) in [6.07, 6.45) is 6.51. The third-order valence-electron chi connectivity index (χ3n) is 6.12. The number of hydrogen-bond donors (Lipinski definition) is 3. The Labute approximate surface area is 181 Å². The zero-order valence-corrected chi connectivity index (χ0v) is 17.8. The summed E-state index contributed by atoms with van der Waals surface area (Å²) in [6, 6.07) is 3.28. The minimum atomic E-state index is -0.514. The largest absolute Gasteiger partial charge is 0.383 e. The number of ether oxygens (including phenoxy) is 1. The van der Waals surface area contributed by atoms with E-state index in [-0.39, 0.29) is 22.8 Å². The molecule has 3 N–H and O–H groups in total. The van der Waals surface area contributed by atoms with Gasteiger partial charge in [0, 0.05) is 31.9 Å². The maximum absolute atomic E-state index is 14.5. The Hall–Kier alpha value is -2.65. The number of pyridine rings is 1. The monoisotopic (exact) mass is 428 g/mol. The Morgan fingerprint density at radius 1 is 1.32 bits per heavy atom. The first-order valence-corrected chi connectivity index (χ1v) is 10.8. The lowest BCUT2D eigenvalue weighted by Gasteiger charge is -2.33. The molecule has 1 amide bonds. The zero-order valence-electron chi connectivity index (χ0n) is 17.8. The summed E-state index contributed by atoms with van der Waals surface area (Å²) in [5.74, 6) is -0.423. The average Bonchev–Trinajstić information content (AvgIpc) is 2.80. The first kappa shape index (κ1) is 21.6. The highest BCUT2D eigenvalue weighted by atomic mass is 19.1. The van der Waals surface area contributed by atoms with Crippen molar-refractivity contribution >= 4 is 17.4 Å². The summed E-state index contributed by atoms with van der Waals surface area (Å²) < 4.78 is 20.0. The van der Waals surface area contributed by atoms with Crippen molar-refractivity contribution in [1.29, 1.82) is 0 Å². The minimum Gasteiger partial charge on any atom is -0.383 e. The molecule has 1 atom stereocenters. The van der Waals surface area contributed by atoms with Crippen molar-refractivity contribution < 1.29 is 13.9 Å². The smallest absolute Gasteiger partial charge is 0.229 e. The first-order valence-electron chi connectivity index (χ1n) is 10.8. The molecule has 4 heterocycles. The fraction of sp³-hybridized carbons (Fsp3) is 0.545. The van der Waals surface area contributed by atoms with E-state index < -0.39 is 5.82 Å². The molecule has 9 heteroatoms. The molecule has 2 aromatic rings. The summed E-state index contributed by atoms with van der Waals surface area (Å²) in [6.45, 7) is 6.12. The molecule has 2 aliphatic heterocycles. The van der Waals surface area contributed by atoms with Crippen LogP contribution in [0.3, 0.4) is 0 Å². The molecule has 1 unspecified atom stereocenters. The molecule has 0 aliphatic carbocycles. The molecule has 4 rings (SSSR count). The standard InChI is InChI=1S/C22H29FN6O2/c1-22(4-7-31-8-5-22)14-26-16-9-19(29-27-12-16)17-10-20(25-13-18(17)23)28-21(30)15-3-2-6-24-11-15/h9-10,12-13,15,24H,2-8,11,14H2,1H3,(H,26,29)(H,25,28,30). The van der Waals surface area contributed by atoms with E-state index >= 15 is 0 Å². The summed E-state index contributed by atoms with van der Waals surface area (Å²) in [4.78, 5) is 16.5. The molecule has 2 fully saturated rings. The second-order valence-electron chi connectivity index (χ2n) is 8.69. The number of aromatic nitrogens is 3. The second kappa shape index (κ2) is 9.65. The van der Waals surface area contributed by atoms with Crippen molar-refractivity contribution in [2.45, 2.75) is 32.6 Å². The van der Waals surface area contributed by atoms with E-state index in [4.69, 9.17) is 4.74 Å². The molecule has 166 valence electrons. The molecule has 0 radical (unpaired) electrons. The molecule has 0 spiro atoms. The van der Waals surface area contributed by atoms with Gasteiger partial charge in [0.05, 0.1) is 29.7 Å². The number of anilines is 2. The van der Waals surface area contributed by atoms with Gasteiger partial charge in [-0.05, 0) is 49.8 Å². The Bertz CT molecular complexity index is 913. The van der Waals surface area contributed by atoms with Gasteiger partial charge in [-0.3, -0.25) is 4.79 Å². The van der Waals surface area contributed by atoms with Gasteiger partial charge in [-0.2, -0.15) is 10.2 Å². The number of piperidine rings is 1. The van der Waals surface area contributed by atoms with Crippen LogP contribution < -0.4 is 16.0 Å². The number of hydrogen-bond acceptors (Lipinski definition) is 7. The highest BCUT2D eigenvalue weighted by Crippen LogP contribution is 2.30. The third kappa shape index (κ3) is 5.54. The predicted octanol–water partition coefficient (Wildman–Crippen LogP) is 2.84. The van der Waals surface area contributed by atoms with Crippen molar-refractivity contribution in [3.05, 3.63) is 30.3 Å². The van der Waals surface area contributed by atoms with E-state index in [0.29, 0.717) is 18.1 Å². The van der Waals surface area contributed by atoms with Crippen molar-refractivity contribution in [3.63, 3.8) is 0 Å². The van der Waals surface area contributed by atoms with Crippen LogP contribution in [-0.2, 0) is 9.53 Å². The number of nitrogens with zero attached hydrogens (tertiary/aromatic N) is 3. The van der Waals surface area contributed by atoms with Crippen molar-refractivity contribution in [2.24, 2.45) is 11.3 Å². The quantitative estimate of drug-likeness (QED) is 0.650. The molecule has 31 heavy (non-hydrogen) atoms. The Kier molecular flexibility index (Phi) is 6.72. The number of carbonyl (C=O) groups is 1.